The van der Waals surface area contributed by atoms with Crippen molar-refractivity contribution >= 4 is 28.5 Å². The number of aliphatic hydroxyl groups excluding tert-OH is 1. The molecular weight excluding hydrogens is 256 g/mol. The fraction of sp³-hybridized carbons (Fsp3) is 0.400. The van der Waals surface area contributed by atoms with Gasteiger partial charge in [-0.1, -0.05) is 25.1 Å². The molecule has 100 valence electrons. The van der Waals surface area contributed by atoms with Crippen molar-refractivity contribution in [2.75, 3.05) is 23.7 Å². The van der Waals surface area contributed by atoms with Gasteiger partial charge in [-0.25, -0.2) is 4.98 Å². The first-order valence-corrected chi connectivity index (χ1v) is 7.69. The second kappa shape index (κ2) is 5.39. The van der Waals surface area contributed by atoms with Gasteiger partial charge in [-0.3, -0.25) is 0 Å². The molecule has 1 N–H and O–H groups in total. The summed E-state index contributed by atoms with van der Waals surface area (Å²) in [5.74, 6) is 2.08. The molecule has 1 aliphatic heterocycles. The zero-order valence-electron chi connectivity index (χ0n) is 11.0. The summed E-state index contributed by atoms with van der Waals surface area (Å²) in [6.07, 6.45) is 0. The van der Waals surface area contributed by atoms with Gasteiger partial charge in [-0.05, 0) is 12.1 Å². The van der Waals surface area contributed by atoms with E-state index in [9.17, 15) is 5.11 Å². The van der Waals surface area contributed by atoms with Crippen LogP contribution in [-0.4, -0.2) is 34.2 Å². The Morgan fingerprint density at radius 1 is 1.42 bits per heavy atom. The van der Waals surface area contributed by atoms with E-state index in [-0.39, 0.29) is 6.61 Å². The van der Waals surface area contributed by atoms with Gasteiger partial charge in [0.2, 0.25) is 0 Å². The Bertz CT molecular complexity index is 587. The molecule has 2 aromatic rings. The molecule has 0 amide bonds. The van der Waals surface area contributed by atoms with Crippen molar-refractivity contribution in [2.24, 2.45) is 0 Å². The minimum absolute atomic E-state index is 0.0468. The number of para-hydroxylation sites is 1. The second-order valence-electron chi connectivity index (χ2n) is 4.95. The lowest BCUT2D eigenvalue weighted by atomic mass is 10.1. The molecule has 0 aliphatic carbocycles. The van der Waals surface area contributed by atoms with E-state index >= 15 is 0 Å². The fourth-order valence-corrected chi connectivity index (χ4v) is 3.56. The average molecular weight is 274 g/mol. The van der Waals surface area contributed by atoms with Crippen molar-refractivity contribution in [1.29, 1.82) is 0 Å². The molecule has 1 unspecified atom stereocenters. The van der Waals surface area contributed by atoms with Crippen LogP contribution >= 0.6 is 11.8 Å². The molecule has 1 aromatic carbocycles. The van der Waals surface area contributed by atoms with Crippen molar-refractivity contribution < 1.29 is 5.11 Å². The predicted molar refractivity (Wildman–Crippen MR) is 81.8 cm³/mol. The summed E-state index contributed by atoms with van der Waals surface area (Å²) in [4.78, 5) is 7.07. The number of fused-ring (bicyclic) bond motifs is 1. The van der Waals surface area contributed by atoms with Crippen LogP contribution in [0, 0.1) is 0 Å². The van der Waals surface area contributed by atoms with Gasteiger partial charge in [0.15, 0.2) is 0 Å². The first-order chi connectivity index (χ1) is 9.28. The zero-order chi connectivity index (χ0) is 13.2. The van der Waals surface area contributed by atoms with Gasteiger partial charge >= 0.3 is 0 Å². The van der Waals surface area contributed by atoms with Gasteiger partial charge in [0.25, 0.3) is 0 Å². The Balaban J connectivity index is 2.05. The maximum Gasteiger partial charge on any atom is 0.134 e. The highest BCUT2D eigenvalue weighted by atomic mass is 32.2. The largest absolute Gasteiger partial charge is 0.392 e. The van der Waals surface area contributed by atoms with Crippen LogP contribution in [0.1, 0.15) is 12.5 Å². The van der Waals surface area contributed by atoms with Crippen LogP contribution in [0.2, 0.25) is 0 Å². The van der Waals surface area contributed by atoms with Gasteiger partial charge in [-0.2, -0.15) is 11.8 Å². The second-order valence-corrected chi connectivity index (χ2v) is 6.50. The van der Waals surface area contributed by atoms with Crippen LogP contribution in [-0.2, 0) is 6.61 Å². The van der Waals surface area contributed by atoms with E-state index in [4.69, 9.17) is 4.98 Å². The molecule has 0 radical (unpaired) electrons. The number of thioether (sulfide) groups is 1. The number of aliphatic hydroxyl groups is 1. The number of rotatable bonds is 2. The molecule has 2 heterocycles. The minimum Gasteiger partial charge on any atom is -0.392 e. The summed E-state index contributed by atoms with van der Waals surface area (Å²) in [5, 5.41) is 11.3. The molecule has 1 fully saturated rings. The summed E-state index contributed by atoms with van der Waals surface area (Å²) < 4.78 is 0. The Kier molecular flexibility index (Phi) is 3.62. The standard InChI is InChI=1S/C15H18N2OS/c1-11-9-17(6-7-19-11)15-13(10-18)8-12-4-2-3-5-14(12)16-15/h2-5,8,11,18H,6-7,9-10H2,1H3. The number of anilines is 1. The summed E-state index contributed by atoms with van der Waals surface area (Å²) in [5.41, 5.74) is 1.93. The molecule has 4 heteroatoms. The lowest BCUT2D eigenvalue weighted by molar-refractivity contribution is 0.282. The maximum atomic E-state index is 9.60. The number of aromatic nitrogens is 1. The highest BCUT2D eigenvalue weighted by Gasteiger charge is 2.20. The number of benzene rings is 1. The molecule has 3 nitrogen and oxygen atoms in total. The summed E-state index contributed by atoms with van der Waals surface area (Å²) in [6.45, 7) is 4.30. The third-order valence-corrected chi connectivity index (χ3v) is 4.63. The van der Waals surface area contributed by atoms with E-state index in [0.29, 0.717) is 5.25 Å². The first kappa shape index (κ1) is 12.8. The number of nitrogens with zero attached hydrogens (tertiary/aromatic N) is 2. The molecule has 0 bridgehead atoms. The van der Waals surface area contributed by atoms with E-state index in [1.165, 1.54) is 0 Å². The number of hydrogen-bond acceptors (Lipinski definition) is 4. The Morgan fingerprint density at radius 3 is 3.05 bits per heavy atom. The highest BCUT2D eigenvalue weighted by Crippen LogP contribution is 2.28. The third-order valence-electron chi connectivity index (χ3n) is 3.49. The molecule has 1 saturated heterocycles. The van der Waals surface area contributed by atoms with E-state index in [2.05, 4.69) is 17.9 Å². The zero-order valence-corrected chi connectivity index (χ0v) is 11.9. The average Bonchev–Trinajstić information content (AvgIpc) is 2.46. The summed E-state index contributed by atoms with van der Waals surface area (Å²) in [6, 6.07) is 10.1. The number of hydrogen-bond donors (Lipinski definition) is 1. The molecular formula is C15H18N2OS. The summed E-state index contributed by atoms with van der Waals surface area (Å²) in [7, 11) is 0. The Hall–Kier alpha value is -1.26. The molecule has 19 heavy (non-hydrogen) atoms. The van der Waals surface area contributed by atoms with Crippen molar-refractivity contribution in [2.45, 2.75) is 18.8 Å². The van der Waals surface area contributed by atoms with Crippen LogP contribution in [0.3, 0.4) is 0 Å². The van der Waals surface area contributed by atoms with Crippen molar-refractivity contribution in [1.82, 2.24) is 4.98 Å². The van der Waals surface area contributed by atoms with E-state index in [1.54, 1.807) is 0 Å². The van der Waals surface area contributed by atoms with E-state index < -0.39 is 0 Å². The fourth-order valence-electron chi connectivity index (χ4n) is 2.55. The van der Waals surface area contributed by atoms with Crippen LogP contribution in [0.4, 0.5) is 5.82 Å². The van der Waals surface area contributed by atoms with Gasteiger partial charge in [0, 0.05) is 35.0 Å². The molecule has 1 aromatic heterocycles. The summed E-state index contributed by atoms with van der Waals surface area (Å²) >= 11 is 2.00. The van der Waals surface area contributed by atoms with Crippen LogP contribution in [0.25, 0.3) is 10.9 Å². The van der Waals surface area contributed by atoms with Gasteiger partial charge in [0.05, 0.1) is 12.1 Å². The molecule has 1 atom stereocenters. The van der Waals surface area contributed by atoms with Gasteiger partial charge in [0.1, 0.15) is 5.82 Å². The lowest BCUT2D eigenvalue weighted by Crippen LogP contribution is -2.37. The van der Waals surface area contributed by atoms with Crippen molar-refractivity contribution in [3.05, 3.63) is 35.9 Å². The monoisotopic (exact) mass is 274 g/mol. The smallest absolute Gasteiger partial charge is 0.134 e. The molecule has 3 rings (SSSR count). The van der Waals surface area contributed by atoms with Gasteiger partial charge < -0.3 is 10.0 Å². The Labute approximate surface area is 117 Å². The van der Waals surface area contributed by atoms with E-state index in [0.717, 1.165) is 41.1 Å². The van der Waals surface area contributed by atoms with Crippen molar-refractivity contribution in [3.63, 3.8) is 0 Å². The quantitative estimate of drug-likeness (QED) is 0.913. The van der Waals surface area contributed by atoms with E-state index in [1.807, 2.05) is 36.0 Å². The van der Waals surface area contributed by atoms with Crippen LogP contribution < -0.4 is 4.90 Å². The van der Waals surface area contributed by atoms with Crippen LogP contribution in [0.5, 0.6) is 0 Å². The molecule has 0 saturated carbocycles. The predicted octanol–water partition coefficient (Wildman–Crippen LogP) is 2.67. The molecule has 1 aliphatic rings. The SMILES string of the molecule is CC1CN(c2nc3ccccc3cc2CO)CCS1. The normalized spacial score (nSPS) is 19.9. The Morgan fingerprint density at radius 2 is 2.26 bits per heavy atom. The maximum absolute atomic E-state index is 9.60. The highest BCUT2D eigenvalue weighted by molar-refractivity contribution is 8.00. The first-order valence-electron chi connectivity index (χ1n) is 6.64. The van der Waals surface area contributed by atoms with Crippen LogP contribution in [0.15, 0.2) is 30.3 Å². The van der Waals surface area contributed by atoms with Gasteiger partial charge in [-0.15, -0.1) is 0 Å². The minimum atomic E-state index is 0.0468. The third kappa shape index (κ3) is 2.55. The lowest BCUT2D eigenvalue weighted by Gasteiger charge is -2.32. The topological polar surface area (TPSA) is 36.4 Å². The van der Waals surface area contributed by atoms with Crippen molar-refractivity contribution in [3.8, 4) is 0 Å². The molecule has 0 spiro atoms. The number of pyridine rings is 1.